The highest BCUT2D eigenvalue weighted by Gasteiger charge is 2.45. The van der Waals surface area contributed by atoms with Crippen molar-refractivity contribution in [2.45, 2.75) is 63.7 Å². The van der Waals surface area contributed by atoms with Crippen molar-refractivity contribution in [3.05, 3.63) is 0 Å². The van der Waals surface area contributed by atoms with E-state index in [0.717, 1.165) is 0 Å². The quantitative estimate of drug-likeness (QED) is 0.746. The smallest absolute Gasteiger partial charge is 0.163 e. The lowest BCUT2D eigenvalue weighted by Gasteiger charge is -2.27. The molecule has 106 valence electrons. The van der Waals surface area contributed by atoms with Crippen LogP contribution in [0.25, 0.3) is 0 Å². The van der Waals surface area contributed by atoms with Crippen LogP contribution in [0.3, 0.4) is 0 Å². The molecule has 2 aliphatic rings. The molecule has 6 nitrogen and oxygen atoms in total. The van der Waals surface area contributed by atoms with Gasteiger partial charge in [0.25, 0.3) is 0 Å². The fourth-order valence-electron chi connectivity index (χ4n) is 2.21. The van der Waals surface area contributed by atoms with Crippen LogP contribution in [-0.4, -0.2) is 59.4 Å². The summed E-state index contributed by atoms with van der Waals surface area (Å²) in [4.78, 5) is 0. The van der Waals surface area contributed by atoms with E-state index in [2.05, 4.69) is 0 Å². The van der Waals surface area contributed by atoms with Crippen molar-refractivity contribution in [2.24, 2.45) is 0 Å². The van der Waals surface area contributed by atoms with Crippen LogP contribution >= 0.6 is 0 Å². The highest BCUT2D eigenvalue weighted by molar-refractivity contribution is 4.88. The van der Waals surface area contributed by atoms with Gasteiger partial charge in [-0.3, -0.25) is 0 Å². The highest BCUT2D eigenvalue weighted by Crippen LogP contribution is 2.29. The molecule has 6 heteroatoms. The largest absolute Gasteiger partial charge is 0.387 e. The van der Waals surface area contributed by atoms with Crippen LogP contribution in [0.1, 0.15) is 27.7 Å². The zero-order valence-electron chi connectivity index (χ0n) is 11.3. The molecule has 0 aromatic rings. The minimum absolute atomic E-state index is 0.252. The molecule has 2 rings (SSSR count). The van der Waals surface area contributed by atoms with Gasteiger partial charge in [-0.25, -0.2) is 0 Å². The van der Waals surface area contributed by atoms with Crippen molar-refractivity contribution in [1.82, 2.24) is 0 Å². The summed E-state index contributed by atoms with van der Waals surface area (Å²) >= 11 is 0. The summed E-state index contributed by atoms with van der Waals surface area (Å²) < 4.78 is 21.8. The van der Waals surface area contributed by atoms with Crippen molar-refractivity contribution in [2.75, 3.05) is 13.2 Å². The van der Waals surface area contributed by atoms with E-state index >= 15 is 0 Å². The summed E-state index contributed by atoms with van der Waals surface area (Å²) in [6.07, 6.45) is -3.23. The van der Waals surface area contributed by atoms with Crippen LogP contribution < -0.4 is 0 Å². The molecule has 2 heterocycles. The third-order valence-electron chi connectivity index (χ3n) is 3.17. The molecule has 0 aromatic carbocycles. The summed E-state index contributed by atoms with van der Waals surface area (Å²) in [6, 6.07) is 0. The van der Waals surface area contributed by atoms with E-state index in [1.807, 2.05) is 0 Å². The minimum atomic E-state index is -1.06. The van der Waals surface area contributed by atoms with Crippen molar-refractivity contribution in [1.29, 1.82) is 0 Å². The molecule has 2 saturated heterocycles. The molecule has 0 amide bonds. The lowest BCUT2D eigenvalue weighted by Crippen LogP contribution is -2.47. The predicted octanol–water partition coefficient (Wildman–Crippen LogP) is 0.0112. The number of aliphatic hydroxyl groups excluding tert-OH is 2. The Hall–Kier alpha value is -0.240. The molecule has 2 fully saturated rings. The van der Waals surface area contributed by atoms with Gasteiger partial charge in [0.05, 0.1) is 13.2 Å². The Labute approximate surface area is 107 Å². The maximum Gasteiger partial charge on any atom is 0.163 e. The highest BCUT2D eigenvalue weighted by atomic mass is 16.8. The summed E-state index contributed by atoms with van der Waals surface area (Å²) in [6.45, 7) is 7.58. The molecular formula is C12H22O6. The molecular weight excluding hydrogens is 240 g/mol. The van der Waals surface area contributed by atoms with Gasteiger partial charge in [-0.2, -0.15) is 0 Å². The summed E-state index contributed by atoms with van der Waals surface area (Å²) in [5.41, 5.74) is 0. The van der Waals surface area contributed by atoms with Gasteiger partial charge in [-0.1, -0.05) is 0 Å². The molecule has 18 heavy (non-hydrogen) atoms. The van der Waals surface area contributed by atoms with Crippen LogP contribution in [0.15, 0.2) is 0 Å². The number of hydrogen-bond donors (Lipinski definition) is 2. The molecule has 0 aromatic heterocycles. The predicted molar refractivity (Wildman–Crippen MR) is 61.8 cm³/mol. The third-order valence-corrected chi connectivity index (χ3v) is 3.17. The summed E-state index contributed by atoms with van der Waals surface area (Å²) in [7, 11) is 0. The zero-order valence-corrected chi connectivity index (χ0v) is 11.3. The Bertz CT molecular complexity index is 273. The molecule has 4 atom stereocenters. The van der Waals surface area contributed by atoms with Crippen LogP contribution in [0.2, 0.25) is 0 Å². The Morgan fingerprint density at radius 2 is 1.17 bits per heavy atom. The van der Waals surface area contributed by atoms with Gasteiger partial charge >= 0.3 is 0 Å². The Morgan fingerprint density at radius 1 is 0.833 bits per heavy atom. The zero-order chi connectivity index (χ0) is 13.6. The maximum absolute atomic E-state index is 10.1. The van der Waals surface area contributed by atoms with E-state index in [1.165, 1.54) is 0 Å². The standard InChI is InChI=1S/C12H22O6/c1-11(2)15-5-7(17-11)9(13)10(14)8-6-16-12(3,4)18-8/h7-10,13-14H,5-6H2,1-4H3/t7-,8?,9-,10?/m1/s1. The van der Waals surface area contributed by atoms with Gasteiger partial charge in [0.2, 0.25) is 0 Å². The van der Waals surface area contributed by atoms with Crippen LogP contribution in [0.5, 0.6) is 0 Å². The number of ether oxygens (including phenoxy) is 4. The summed E-state index contributed by atoms with van der Waals surface area (Å²) in [5, 5.41) is 20.2. The van der Waals surface area contributed by atoms with Crippen molar-refractivity contribution >= 4 is 0 Å². The molecule has 2 unspecified atom stereocenters. The SMILES string of the molecule is CC1(C)OCC(C(O)[C@H](O)[C@H]2COC(C)(C)O2)O1. The first-order chi connectivity index (χ1) is 8.20. The van der Waals surface area contributed by atoms with Crippen LogP contribution in [0.4, 0.5) is 0 Å². The maximum atomic E-state index is 10.1. The topological polar surface area (TPSA) is 77.4 Å². The van der Waals surface area contributed by atoms with Gasteiger partial charge in [-0.15, -0.1) is 0 Å². The first kappa shape index (κ1) is 14.2. The lowest BCUT2D eigenvalue weighted by molar-refractivity contribution is -0.183. The van der Waals surface area contributed by atoms with Crippen molar-refractivity contribution < 1.29 is 29.2 Å². The lowest BCUT2D eigenvalue weighted by atomic mass is 10.0. The van der Waals surface area contributed by atoms with Crippen molar-refractivity contribution in [3.63, 3.8) is 0 Å². The number of aliphatic hydroxyl groups is 2. The van der Waals surface area contributed by atoms with E-state index in [4.69, 9.17) is 18.9 Å². The summed E-state index contributed by atoms with van der Waals surface area (Å²) in [5.74, 6) is -1.45. The molecule has 0 saturated carbocycles. The van der Waals surface area contributed by atoms with Gasteiger partial charge in [0.1, 0.15) is 24.4 Å². The Balaban J connectivity index is 1.92. The van der Waals surface area contributed by atoms with Crippen LogP contribution in [-0.2, 0) is 18.9 Å². The molecule has 0 aliphatic carbocycles. The fraction of sp³-hybridized carbons (Fsp3) is 1.00. The average Bonchev–Trinajstić information content (AvgIpc) is 2.79. The van der Waals surface area contributed by atoms with Gasteiger partial charge < -0.3 is 29.2 Å². The second kappa shape index (κ2) is 4.70. The van der Waals surface area contributed by atoms with Gasteiger partial charge in [0.15, 0.2) is 11.6 Å². The van der Waals surface area contributed by atoms with Gasteiger partial charge in [0, 0.05) is 0 Å². The first-order valence-corrected chi connectivity index (χ1v) is 6.20. The van der Waals surface area contributed by atoms with E-state index < -0.39 is 36.0 Å². The van der Waals surface area contributed by atoms with E-state index in [0.29, 0.717) is 0 Å². The fourth-order valence-corrected chi connectivity index (χ4v) is 2.21. The third kappa shape index (κ3) is 3.01. The van der Waals surface area contributed by atoms with Crippen LogP contribution in [0, 0.1) is 0 Å². The molecule has 0 bridgehead atoms. The molecule has 2 aliphatic heterocycles. The van der Waals surface area contributed by atoms with E-state index in [9.17, 15) is 10.2 Å². The van der Waals surface area contributed by atoms with Gasteiger partial charge in [-0.05, 0) is 27.7 Å². The number of rotatable bonds is 3. The molecule has 2 N–H and O–H groups in total. The normalized spacial score (nSPS) is 37.7. The van der Waals surface area contributed by atoms with E-state index in [1.54, 1.807) is 27.7 Å². The van der Waals surface area contributed by atoms with E-state index in [-0.39, 0.29) is 13.2 Å². The average molecular weight is 262 g/mol. The number of hydrogen-bond acceptors (Lipinski definition) is 6. The minimum Gasteiger partial charge on any atom is -0.387 e. The Kier molecular flexibility index (Phi) is 3.70. The first-order valence-electron chi connectivity index (χ1n) is 6.20. The molecule has 0 spiro atoms. The second-order valence-corrected chi connectivity index (χ2v) is 5.72. The Morgan fingerprint density at radius 3 is 1.39 bits per heavy atom. The second-order valence-electron chi connectivity index (χ2n) is 5.72. The monoisotopic (exact) mass is 262 g/mol. The molecule has 0 radical (unpaired) electrons. The van der Waals surface area contributed by atoms with Crippen molar-refractivity contribution in [3.8, 4) is 0 Å².